The van der Waals surface area contributed by atoms with Gasteiger partial charge < -0.3 is 10.7 Å². The van der Waals surface area contributed by atoms with Crippen molar-refractivity contribution in [3.8, 4) is 40.2 Å². The first kappa shape index (κ1) is 23.6. The Labute approximate surface area is 212 Å². The number of nitrogens with two attached hydrogens (primary N) is 1. The highest BCUT2D eigenvalue weighted by atomic mass is 32.1. The fourth-order valence-electron chi connectivity index (χ4n) is 4.20. The number of H-pyrrole nitrogens is 2. The molecule has 1 saturated heterocycles. The van der Waals surface area contributed by atoms with E-state index in [0.29, 0.717) is 11.5 Å². The Bertz CT molecular complexity index is 1500. The number of thiophene rings is 1. The van der Waals surface area contributed by atoms with Gasteiger partial charge in [0.05, 0.1) is 35.4 Å². The Kier molecular flexibility index (Phi) is 7.29. The van der Waals surface area contributed by atoms with Gasteiger partial charge in [0.25, 0.3) is 5.56 Å². The number of piperidine rings is 1. The third-order valence-electron chi connectivity index (χ3n) is 5.83. The smallest absolute Gasteiger partial charge is 0.320 e. The van der Waals surface area contributed by atoms with Gasteiger partial charge in [0, 0.05) is 18.5 Å². The summed E-state index contributed by atoms with van der Waals surface area (Å²) in [6.45, 7) is 2.85. The Morgan fingerprint density at radius 1 is 1.28 bits per heavy atom. The quantitative estimate of drug-likeness (QED) is 0.285. The maximum atomic E-state index is 12.3. The molecule has 9 nitrogen and oxygen atoms in total. The van der Waals surface area contributed by atoms with E-state index in [-0.39, 0.29) is 18.0 Å². The number of hydrogen-bond donors (Lipinski definition) is 3. The van der Waals surface area contributed by atoms with Gasteiger partial charge in [0.2, 0.25) is 0 Å². The zero-order valence-corrected chi connectivity index (χ0v) is 20.4. The van der Waals surface area contributed by atoms with E-state index in [4.69, 9.17) is 10.7 Å². The molecule has 0 amide bonds. The number of aromatic amines is 2. The number of nitrogens with zero attached hydrogens (tertiary/aromatic N) is 5. The molecule has 10 heteroatoms. The Hall–Kier alpha value is -4.09. The van der Waals surface area contributed by atoms with Gasteiger partial charge >= 0.3 is 5.95 Å². The summed E-state index contributed by atoms with van der Waals surface area (Å²) in [5, 5.41) is 2.00. The van der Waals surface area contributed by atoms with Gasteiger partial charge in [0.1, 0.15) is 23.9 Å². The molecule has 1 aliphatic heterocycles. The summed E-state index contributed by atoms with van der Waals surface area (Å²) in [5.41, 5.74) is 7.70. The minimum absolute atomic E-state index is 0.105. The number of rotatable bonds is 5. The molecule has 0 radical (unpaired) electrons. The molecule has 1 unspecified atom stereocenters. The van der Waals surface area contributed by atoms with Gasteiger partial charge in [0.15, 0.2) is 6.33 Å². The Balaban J connectivity index is 1.25. The fraction of sp³-hybridized carbons (Fsp3) is 0.269. The second kappa shape index (κ2) is 11.1. The molecular weight excluding hydrogens is 472 g/mol. The van der Waals surface area contributed by atoms with Gasteiger partial charge in [-0.25, -0.2) is 4.98 Å². The molecule has 180 valence electrons. The summed E-state index contributed by atoms with van der Waals surface area (Å²) < 4.78 is 1.85. The van der Waals surface area contributed by atoms with Crippen molar-refractivity contribution in [1.82, 2.24) is 29.8 Å². The van der Waals surface area contributed by atoms with Crippen LogP contribution in [0.5, 0.6) is 0 Å². The van der Waals surface area contributed by atoms with Crippen molar-refractivity contribution in [2.45, 2.75) is 25.3 Å². The van der Waals surface area contributed by atoms with E-state index in [9.17, 15) is 4.79 Å². The normalized spacial score (nSPS) is 15.5. The molecule has 4 N–H and O–H groups in total. The van der Waals surface area contributed by atoms with Crippen LogP contribution >= 0.6 is 11.3 Å². The zero-order chi connectivity index (χ0) is 24.7. The molecule has 4 aromatic rings. The van der Waals surface area contributed by atoms with Crippen molar-refractivity contribution in [3.05, 3.63) is 75.9 Å². The molecule has 36 heavy (non-hydrogen) atoms. The van der Waals surface area contributed by atoms with Gasteiger partial charge in [-0.15, -0.1) is 21.3 Å². The maximum Gasteiger partial charge on any atom is 0.388 e. The highest BCUT2D eigenvalue weighted by Crippen LogP contribution is 2.27. The summed E-state index contributed by atoms with van der Waals surface area (Å²) in [6, 6.07) is 5.54. The van der Waals surface area contributed by atoms with Crippen LogP contribution in [0.4, 0.5) is 0 Å². The first-order valence-corrected chi connectivity index (χ1v) is 12.5. The average Bonchev–Trinajstić information content (AvgIpc) is 3.60. The summed E-state index contributed by atoms with van der Waals surface area (Å²) in [6.07, 6.45) is 9.22. The first-order chi connectivity index (χ1) is 17.7. The van der Waals surface area contributed by atoms with E-state index in [1.165, 1.54) is 0 Å². The van der Waals surface area contributed by atoms with Crippen LogP contribution in [0.15, 0.2) is 53.3 Å². The van der Waals surface area contributed by atoms with E-state index in [0.717, 1.165) is 54.6 Å². The van der Waals surface area contributed by atoms with Gasteiger partial charge in [-0.05, 0) is 48.6 Å². The van der Waals surface area contributed by atoms with Crippen molar-refractivity contribution < 1.29 is 4.57 Å². The van der Waals surface area contributed by atoms with Crippen LogP contribution in [-0.2, 0) is 6.54 Å². The third kappa shape index (κ3) is 5.75. The molecule has 1 atom stereocenters. The Morgan fingerprint density at radius 2 is 2.17 bits per heavy atom. The first-order valence-electron chi connectivity index (χ1n) is 11.7. The molecule has 0 spiro atoms. The van der Waals surface area contributed by atoms with Crippen LogP contribution in [0.25, 0.3) is 16.5 Å². The molecule has 1 fully saturated rings. The lowest BCUT2D eigenvalue weighted by Gasteiger charge is -2.31. The van der Waals surface area contributed by atoms with Crippen molar-refractivity contribution >= 4 is 11.3 Å². The van der Waals surface area contributed by atoms with Gasteiger partial charge in [-0.2, -0.15) is 4.57 Å². The fourth-order valence-corrected chi connectivity index (χ4v) is 4.88. The van der Waals surface area contributed by atoms with Gasteiger partial charge in [-0.3, -0.25) is 14.7 Å². The van der Waals surface area contributed by atoms with Crippen LogP contribution in [0.2, 0.25) is 0 Å². The van der Waals surface area contributed by atoms with Crippen LogP contribution in [0.3, 0.4) is 0 Å². The largest absolute Gasteiger partial charge is 0.388 e. The van der Waals surface area contributed by atoms with Crippen LogP contribution in [0, 0.1) is 23.7 Å². The summed E-state index contributed by atoms with van der Waals surface area (Å²) in [5.74, 6) is 12.5. The highest BCUT2D eigenvalue weighted by molar-refractivity contribution is 7.13. The van der Waals surface area contributed by atoms with Crippen molar-refractivity contribution in [1.29, 1.82) is 0 Å². The molecule has 4 aromatic heterocycles. The Morgan fingerprint density at radius 3 is 2.97 bits per heavy atom. The lowest BCUT2D eigenvalue weighted by molar-refractivity contribution is -0.602. The molecule has 5 heterocycles. The van der Waals surface area contributed by atoms with Crippen molar-refractivity contribution in [2.24, 2.45) is 5.73 Å². The van der Waals surface area contributed by atoms with Crippen molar-refractivity contribution in [2.75, 3.05) is 19.6 Å². The summed E-state index contributed by atoms with van der Waals surface area (Å²) in [4.78, 5) is 35.6. The summed E-state index contributed by atoms with van der Waals surface area (Å²) >= 11 is 1.59. The van der Waals surface area contributed by atoms with Crippen molar-refractivity contribution in [3.63, 3.8) is 0 Å². The number of hydrogen-bond acceptors (Lipinski definition) is 7. The maximum absolute atomic E-state index is 12.3. The lowest BCUT2D eigenvalue weighted by atomic mass is 9.97. The molecule has 1 aliphatic rings. The molecule has 0 saturated carbocycles. The van der Waals surface area contributed by atoms with Crippen LogP contribution < -0.4 is 15.9 Å². The van der Waals surface area contributed by atoms with E-state index >= 15 is 0 Å². The number of nitrogens with one attached hydrogen (secondary N) is 2. The molecule has 0 aromatic carbocycles. The number of imidazole rings is 1. The average molecular weight is 498 g/mol. The minimum Gasteiger partial charge on any atom is -0.320 e. The zero-order valence-electron chi connectivity index (χ0n) is 19.6. The predicted octanol–water partition coefficient (Wildman–Crippen LogP) is 1.59. The standard InChI is InChI=1S/C26H24N8OS/c27-9-3-1-2-6-19-13-28-26(29-14-19)34-17-21(30-18-34)16-33-10-4-7-20(15-33)25-31-22(12-24(35)32-25)23-8-5-11-36-23/h5,8,11-14,17-18,20H,4,7,9-10,15-16,27H2,(H,31,32,35)/p+1. The van der Waals surface area contributed by atoms with E-state index in [1.807, 2.05) is 34.6 Å². The molecule has 0 aliphatic carbocycles. The van der Waals surface area contributed by atoms with Crippen LogP contribution in [-0.4, -0.2) is 49.5 Å². The van der Waals surface area contributed by atoms with E-state index in [2.05, 4.69) is 48.5 Å². The predicted molar refractivity (Wildman–Crippen MR) is 137 cm³/mol. The van der Waals surface area contributed by atoms with E-state index < -0.39 is 0 Å². The molecular formula is C26H25N8OS+. The SMILES string of the molecule is NCC#CC#Cc1cnc(-[n+]2c[nH]c(CN3CCCC(c4nc(-c5cccs5)cc(=O)[nH]4)C3)c2)nc1. The monoisotopic (exact) mass is 497 g/mol. The topological polar surface area (TPSA) is 120 Å². The third-order valence-corrected chi connectivity index (χ3v) is 6.73. The molecule has 5 rings (SSSR count). The molecule has 0 bridgehead atoms. The second-order valence-corrected chi connectivity index (χ2v) is 9.38. The second-order valence-electron chi connectivity index (χ2n) is 8.43. The van der Waals surface area contributed by atoms with Crippen LogP contribution in [0.1, 0.15) is 35.8 Å². The summed E-state index contributed by atoms with van der Waals surface area (Å²) in [7, 11) is 0. The van der Waals surface area contributed by atoms with E-state index in [1.54, 1.807) is 29.8 Å². The lowest BCUT2D eigenvalue weighted by Crippen LogP contribution is -2.35. The number of aromatic nitrogens is 6. The highest BCUT2D eigenvalue weighted by Gasteiger charge is 2.25. The minimum atomic E-state index is -0.105. The van der Waals surface area contributed by atoms with Gasteiger partial charge in [-0.1, -0.05) is 12.0 Å². The number of likely N-dealkylation sites (tertiary alicyclic amines) is 1.